The zero-order chi connectivity index (χ0) is 5.15. The molecule has 4 heteroatoms. The van der Waals surface area contributed by atoms with Gasteiger partial charge >= 0.3 is 0 Å². The lowest BCUT2D eigenvalue weighted by Crippen LogP contribution is -2.20. The molecule has 2 nitrogen and oxygen atoms in total. The summed E-state index contributed by atoms with van der Waals surface area (Å²) in [6.07, 6.45) is 0. The van der Waals surface area contributed by atoms with E-state index in [0.29, 0.717) is 5.01 Å². The fourth-order valence-electron chi connectivity index (χ4n) is 0. The van der Waals surface area contributed by atoms with Gasteiger partial charge in [0.25, 0.3) is 0 Å². The summed E-state index contributed by atoms with van der Waals surface area (Å²) >= 11 is 0. The zero-order valence-electron chi connectivity index (χ0n) is 3.65. The van der Waals surface area contributed by atoms with Crippen LogP contribution in [-0.2, 0) is 0 Å². The predicted octanol–water partition coefficient (Wildman–Crippen LogP) is 0.534. The van der Waals surface area contributed by atoms with E-state index in [9.17, 15) is 8.96 Å². The van der Waals surface area contributed by atoms with Crippen LogP contribution in [0.15, 0.2) is 0 Å². The average Bonchev–Trinajstić information content (AvgIpc) is 1.36. The number of hydrogen-bond acceptors (Lipinski definition) is 2. The van der Waals surface area contributed by atoms with Crippen molar-refractivity contribution in [1.82, 2.24) is 10.5 Å². The van der Waals surface area contributed by atoms with Crippen LogP contribution >= 0.6 is 0 Å². The molecule has 0 unspecified atom stereocenters. The smallest absolute Gasteiger partial charge is 0.0975 e. The van der Waals surface area contributed by atoms with Gasteiger partial charge in [0.2, 0.25) is 0 Å². The van der Waals surface area contributed by atoms with Crippen LogP contribution in [0.5, 0.6) is 0 Å². The summed E-state index contributed by atoms with van der Waals surface area (Å²) in [4.78, 5) is 0. The SMILES string of the molecule is CN(C)N(F)F. The monoisotopic (exact) mass is 96.0 g/mol. The van der Waals surface area contributed by atoms with Gasteiger partial charge in [0.1, 0.15) is 0 Å². The van der Waals surface area contributed by atoms with Crippen molar-refractivity contribution in [3.05, 3.63) is 0 Å². The van der Waals surface area contributed by atoms with Crippen molar-refractivity contribution in [2.75, 3.05) is 14.1 Å². The lowest BCUT2D eigenvalue weighted by atomic mass is 11.2. The molecule has 38 valence electrons. The molecule has 0 aliphatic heterocycles. The van der Waals surface area contributed by atoms with Gasteiger partial charge in [-0.25, -0.2) is 0 Å². The number of nitrogens with zero attached hydrogens (tertiary/aromatic N) is 2. The maximum Gasteiger partial charge on any atom is 0.0975 e. The van der Waals surface area contributed by atoms with Crippen molar-refractivity contribution >= 4 is 0 Å². The topological polar surface area (TPSA) is 6.48 Å². The first-order valence-corrected chi connectivity index (χ1v) is 1.43. The van der Waals surface area contributed by atoms with Gasteiger partial charge in [-0.2, -0.15) is 5.01 Å². The molecule has 0 saturated carbocycles. The van der Waals surface area contributed by atoms with Gasteiger partial charge in [0, 0.05) is 14.1 Å². The van der Waals surface area contributed by atoms with E-state index >= 15 is 0 Å². The zero-order valence-corrected chi connectivity index (χ0v) is 3.65. The molecule has 0 heterocycles. The minimum absolute atomic E-state index is 0.667. The quantitative estimate of drug-likeness (QED) is 0.347. The molecular formula is C2H6F2N2. The van der Waals surface area contributed by atoms with Crippen LogP contribution < -0.4 is 0 Å². The maximum absolute atomic E-state index is 10.9. The summed E-state index contributed by atoms with van der Waals surface area (Å²) in [5.41, 5.74) is -1.00. The minimum atomic E-state index is -1.00. The van der Waals surface area contributed by atoms with Crippen LogP contribution in [0.3, 0.4) is 0 Å². The van der Waals surface area contributed by atoms with Gasteiger partial charge in [0.05, 0.1) is 5.45 Å². The molecule has 0 atom stereocenters. The van der Waals surface area contributed by atoms with Gasteiger partial charge in [0.15, 0.2) is 0 Å². The van der Waals surface area contributed by atoms with Gasteiger partial charge in [-0.3, -0.25) is 0 Å². The van der Waals surface area contributed by atoms with Gasteiger partial charge in [-0.05, 0) is 0 Å². The second kappa shape index (κ2) is 2.04. The maximum atomic E-state index is 10.9. The second-order valence-electron chi connectivity index (χ2n) is 1.06. The Morgan fingerprint density at radius 3 is 1.33 bits per heavy atom. The van der Waals surface area contributed by atoms with Crippen molar-refractivity contribution in [2.24, 2.45) is 0 Å². The molecule has 0 radical (unpaired) electrons. The Kier molecular flexibility index (Phi) is 1.97. The van der Waals surface area contributed by atoms with Crippen LogP contribution in [0.1, 0.15) is 0 Å². The predicted molar refractivity (Wildman–Crippen MR) is 17.7 cm³/mol. The molecule has 0 spiro atoms. The van der Waals surface area contributed by atoms with Crippen LogP contribution in [0.25, 0.3) is 0 Å². The normalized spacial score (nSPS) is 11.0. The molecular weight excluding hydrogens is 90.0 g/mol. The molecule has 0 fully saturated rings. The van der Waals surface area contributed by atoms with E-state index in [4.69, 9.17) is 0 Å². The van der Waals surface area contributed by atoms with Crippen LogP contribution in [0.4, 0.5) is 8.96 Å². The summed E-state index contributed by atoms with van der Waals surface area (Å²) in [5, 5.41) is 0.667. The first kappa shape index (κ1) is 5.78. The molecule has 0 aliphatic carbocycles. The largest absolute Gasteiger partial charge is 0.191 e. The van der Waals surface area contributed by atoms with E-state index in [1.807, 2.05) is 0 Å². The van der Waals surface area contributed by atoms with E-state index in [1.54, 1.807) is 0 Å². The van der Waals surface area contributed by atoms with Crippen molar-refractivity contribution in [1.29, 1.82) is 0 Å². The standard InChI is InChI=1S/C2H6F2N2/c1-5(2)6(3)4/h1-2H3. The third-order valence-corrected chi connectivity index (χ3v) is 0.302. The highest BCUT2D eigenvalue weighted by molar-refractivity contribution is 4.05. The summed E-state index contributed by atoms with van der Waals surface area (Å²) in [6.45, 7) is 0. The number of hydrazine groups is 1. The number of halogens is 2. The van der Waals surface area contributed by atoms with Crippen LogP contribution in [0.2, 0.25) is 0 Å². The molecule has 0 aromatic heterocycles. The van der Waals surface area contributed by atoms with Gasteiger partial charge < -0.3 is 0 Å². The van der Waals surface area contributed by atoms with E-state index < -0.39 is 5.45 Å². The molecule has 0 amide bonds. The van der Waals surface area contributed by atoms with E-state index in [-0.39, 0.29) is 0 Å². The Morgan fingerprint density at radius 2 is 1.33 bits per heavy atom. The van der Waals surface area contributed by atoms with E-state index in [1.165, 1.54) is 14.1 Å². The summed E-state index contributed by atoms with van der Waals surface area (Å²) < 4.78 is 21.8. The van der Waals surface area contributed by atoms with Gasteiger partial charge in [-0.1, -0.05) is 8.96 Å². The molecule has 0 aliphatic rings. The van der Waals surface area contributed by atoms with Crippen molar-refractivity contribution < 1.29 is 8.96 Å². The molecule has 6 heavy (non-hydrogen) atoms. The highest BCUT2D eigenvalue weighted by Gasteiger charge is 1.96. The molecule has 0 bridgehead atoms. The molecule has 0 aromatic carbocycles. The van der Waals surface area contributed by atoms with Crippen LogP contribution in [0, 0.1) is 0 Å². The third kappa shape index (κ3) is 2.04. The minimum Gasteiger partial charge on any atom is -0.191 e. The fraction of sp³-hybridized carbons (Fsp3) is 1.00. The Labute approximate surface area is 34.8 Å². The lowest BCUT2D eigenvalue weighted by molar-refractivity contribution is -0.282. The highest BCUT2D eigenvalue weighted by Crippen LogP contribution is 1.88. The highest BCUT2D eigenvalue weighted by atomic mass is 19.4. The summed E-state index contributed by atoms with van der Waals surface area (Å²) in [7, 11) is 2.50. The summed E-state index contributed by atoms with van der Waals surface area (Å²) in [6, 6.07) is 0. The number of rotatable bonds is 1. The lowest BCUT2D eigenvalue weighted by Gasteiger charge is -2.05. The van der Waals surface area contributed by atoms with Gasteiger partial charge in [-0.15, -0.1) is 0 Å². The molecule has 0 saturated heterocycles. The first-order chi connectivity index (χ1) is 2.64. The van der Waals surface area contributed by atoms with E-state index in [2.05, 4.69) is 0 Å². The number of hydrogen-bond donors (Lipinski definition) is 0. The van der Waals surface area contributed by atoms with Crippen LogP contribution in [-0.4, -0.2) is 24.6 Å². The molecule has 0 N–H and O–H groups in total. The van der Waals surface area contributed by atoms with Crippen molar-refractivity contribution in [3.63, 3.8) is 0 Å². The van der Waals surface area contributed by atoms with E-state index in [0.717, 1.165) is 0 Å². The van der Waals surface area contributed by atoms with Crippen molar-refractivity contribution in [2.45, 2.75) is 0 Å². The molecule has 0 rings (SSSR count). The Balaban J connectivity index is 2.99. The fourth-order valence-corrected chi connectivity index (χ4v) is 0. The Bertz CT molecular complexity index is 30.5. The summed E-state index contributed by atoms with van der Waals surface area (Å²) in [5.74, 6) is 0. The first-order valence-electron chi connectivity index (χ1n) is 1.43. The third-order valence-electron chi connectivity index (χ3n) is 0.302. The van der Waals surface area contributed by atoms with Crippen molar-refractivity contribution in [3.8, 4) is 0 Å². The average molecular weight is 96.1 g/mol. The second-order valence-corrected chi connectivity index (χ2v) is 1.06. The molecule has 0 aromatic rings. The Morgan fingerprint density at radius 1 is 1.17 bits per heavy atom. The Hall–Kier alpha value is -0.220.